The highest BCUT2D eigenvalue weighted by atomic mass is 32.1. The van der Waals surface area contributed by atoms with Crippen LogP contribution in [0.4, 0.5) is 0 Å². The average molecular weight is 239 g/mol. The summed E-state index contributed by atoms with van der Waals surface area (Å²) in [4.78, 5) is 16.7. The molecule has 2 heterocycles. The van der Waals surface area contributed by atoms with Crippen LogP contribution in [0.15, 0.2) is 16.4 Å². The van der Waals surface area contributed by atoms with E-state index in [-0.39, 0.29) is 12.1 Å². The summed E-state index contributed by atoms with van der Waals surface area (Å²) in [5, 5.41) is 1.98. The van der Waals surface area contributed by atoms with Crippen LogP contribution in [0.2, 0.25) is 0 Å². The minimum Gasteiger partial charge on any atom is -0.472 e. The standard InChI is InChI=1S/C11H13NO3S/c1-3-14-11(13)8-9(15-6-12-8)10-7(2)4-5-16-10/h4-6,8-9H,3H2,1-2H3. The van der Waals surface area contributed by atoms with Gasteiger partial charge in [-0.05, 0) is 30.9 Å². The third-order valence-electron chi connectivity index (χ3n) is 2.40. The summed E-state index contributed by atoms with van der Waals surface area (Å²) < 4.78 is 10.3. The number of hydrogen-bond acceptors (Lipinski definition) is 5. The SMILES string of the molecule is CCOC(=O)C1N=COC1c1sccc1C. The van der Waals surface area contributed by atoms with Crippen LogP contribution in [0.3, 0.4) is 0 Å². The van der Waals surface area contributed by atoms with Gasteiger partial charge in [-0.3, -0.25) is 0 Å². The van der Waals surface area contributed by atoms with Crippen molar-refractivity contribution in [2.45, 2.75) is 26.0 Å². The molecule has 0 aliphatic carbocycles. The van der Waals surface area contributed by atoms with Crippen LogP contribution in [0.1, 0.15) is 23.5 Å². The smallest absolute Gasteiger partial charge is 0.335 e. The lowest BCUT2D eigenvalue weighted by Crippen LogP contribution is -2.26. The monoisotopic (exact) mass is 239 g/mol. The number of nitrogens with zero attached hydrogens (tertiary/aromatic N) is 1. The van der Waals surface area contributed by atoms with Gasteiger partial charge in [0.25, 0.3) is 0 Å². The first kappa shape index (κ1) is 11.1. The number of aliphatic imine (C=N–C) groups is 1. The summed E-state index contributed by atoms with van der Waals surface area (Å²) in [5.41, 5.74) is 1.12. The molecule has 1 aliphatic heterocycles. The first-order chi connectivity index (χ1) is 7.74. The largest absolute Gasteiger partial charge is 0.472 e. The van der Waals surface area contributed by atoms with Gasteiger partial charge in [0.15, 0.2) is 18.5 Å². The van der Waals surface area contributed by atoms with Crippen molar-refractivity contribution >= 4 is 23.7 Å². The predicted molar refractivity (Wildman–Crippen MR) is 61.8 cm³/mol. The molecular weight excluding hydrogens is 226 g/mol. The quantitative estimate of drug-likeness (QED) is 0.759. The summed E-state index contributed by atoms with van der Waals surface area (Å²) in [6.45, 7) is 4.14. The van der Waals surface area contributed by atoms with E-state index in [4.69, 9.17) is 9.47 Å². The van der Waals surface area contributed by atoms with Crippen LogP contribution < -0.4 is 0 Å². The zero-order chi connectivity index (χ0) is 11.5. The van der Waals surface area contributed by atoms with E-state index in [0.717, 1.165) is 10.4 Å². The highest BCUT2D eigenvalue weighted by Crippen LogP contribution is 2.33. The van der Waals surface area contributed by atoms with E-state index in [2.05, 4.69) is 4.99 Å². The van der Waals surface area contributed by atoms with E-state index < -0.39 is 6.04 Å². The number of esters is 1. The molecule has 1 aliphatic rings. The Morgan fingerprint density at radius 2 is 2.50 bits per heavy atom. The highest BCUT2D eigenvalue weighted by molar-refractivity contribution is 7.10. The minimum atomic E-state index is -0.558. The Bertz CT molecular complexity index is 413. The molecule has 5 heteroatoms. The van der Waals surface area contributed by atoms with Gasteiger partial charge < -0.3 is 9.47 Å². The van der Waals surface area contributed by atoms with Gasteiger partial charge in [-0.1, -0.05) is 0 Å². The normalized spacial score (nSPS) is 23.1. The fourth-order valence-corrected chi connectivity index (χ4v) is 2.60. The molecule has 0 amide bonds. The maximum atomic E-state index is 11.7. The summed E-state index contributed by atoms with van der Waals surface area (Å²) in [6.07, 6.45) is 1.02. The Morgan fingerprint density at radius 3 is 3.12 bits per heavy atom. The zero-order valence-corrected chi connectivity index (χ0v) is 9.99. The zero-order valence-electron chi connectivity index (χ0n) is 9.17. The summed E-state index contributed by atoms with van der Waals surface area (Å²) >= 11 is 1.57. The van der Waals surface area contributed by atoms with Crippen molar-refractivity contribution in [2.75, 3.05) is 6.61 Å². The number of carbonyl (C=O) groups is 1. The number of ether oxygens (including phenoxy) is 2. The molecule has 0 saturated carbocycles. The van der Waals surface area contributed by atoms with Gasteiger partial charge >= 0.3 is 5.97 Å². The predicted octanol–water partition coefficient (Wildman–Crippen LogP) is 2.09. The topological polar surface area (TPSA) is 47.9 Å². The van der Waals surface area contributed by atoms with Gasteiger partial charge in [0.2, 0.25) is 0 Å². The maximum Gasteiger partial charge on any atom is 0.335 e. The van der Waals surface area contributed by atoms with Crippen molar-refractivity contribution in [1.82, 2.24) is 0 Å². The van der Waals surface area contributed by atoms with Gasteiger partial charge in [0.1, 0.15) is 0 Å². The van der Waals surface area contributed by atoms with E-state index in [1.54, 1.807) is 18.3 Å². The Morgan fingerprint density at radius 1 is 1.69 bits per heavy atom. The molecule has 16 heavy (non-hydrogen) atoms. The second-order valence-corrected chi connectivity index (χ2v) is 4.42. The van der Waals surface area contributed by atoms with Gasteiger partial charge in [-0.2, -0.15) is 0 Å². The van der Waals surface area contributed by atoms with Crippen LogP contribution in [0.25, 0.3) is 0 Å². The Labute approximate surface area is 97.9 Å². The minimum absolute atomic E-state index is 0.320. The van der Waals surface area contributed by atoms with E-state index >= 15 is 0 Å². The van der Waals surface area contributed by atoms with Crippen molar-refractivity contribution < 1.29 is 14.3 Å². The number of carbonyl (C=O) groups excluding carboxylic acids is 1. The fourth-order valence-electron chi connectivity index (χ4n) is 1.61. The Kier molecular flexibility index (Phi) is 3.24. The fraction of sp³-hybridized carbons (Fsp3) is 0.455. The van der Waals surface area contributed by atoms with E-state index in [1.807, 2.05) is 18.4 Å². The molecule has 86 valence electrons. The molecule has 0 spiro atoms. The summed E-state index contributed by atoms with van der Waals surface area (Å²) in [6, 6.07) is 1.45. The molecule has 2 unspecified atom stereocenters. The van der Waals surface area contributed by atoms with Crippen LogP contribution in [-0.4, -0.2) is 25.0 Å². The molecule has 0 radical (unpaired) electrons. The summed E-state index contributed by atoms with van der Waals surface area (Å²) in [7, 11) is 0. The molecule has 1 aromatic heterocycles. The third kappa shape index (κ3) is 1.95. The van der Waals surface area contributed by atoms with E-state index in [0.29, 0.717) is 6.61 Å². The molecule has 2 rings (SSSR count). The molecule has 4 nitrogen and oxygen atoms in total. The molecule has 0 N–H and O–H groups in total. The maximum absolute atomic E-state index is 11.7. The van der Waals surface area contributed by atoms with Crippen LogP contribution in [0, 0.1) is 6.92 Å². The molecule has 1 aromatic rings. The Hall–Kier alpha value is -1.36. The van der Waals surface area contributed by atoms with Crippen molar-refractivity contribution in [3.63, 3.8) is 0 Å². The van der Waals surface area contributed by atoms with Crippen molar-refractivity contribution in [3.8, 4) is 0 Å². The number of rotatable bonds is 3. The lowest BCUT2D eigenvalue weighted by Gasteiger charge is -2.15. The summed E-state index contributed by atoms with van der Waals surface area (Å²) in [5.74, 6) is -0.325. The van der Waals surface area contributed by atoms with Crippen molar-refractivity contribution in [1.29, 1.82) is 0 Å². The average Bonchev–Trinajstić information content (AvgIpc) is 2.85. The third-order valence-corrected chi connectivity index (χ3v) is 3.48. The van der Waals surface area contributed by atoms with E-state index in [1.165, 1.54) is 6.40 Å². The first-order valence-corrected chi connectivity index (χ1v) is 5.99. The molecule has 0 fully saturated rings. The molecule has 0 saturated heterocycles. The number of aryl methyl sites for hydroxylation is 1. The van der Waals surface area contributed by atoms with Crippen LogP contribution in [-0.2, 0) is 14.3 Å². The molecular formula is C11H13NO3S. The molecule has 0 aromatic carbocycles. The lowest BCUT2D eigenvalue weighted by molar-refractivity contribution is -0.146. The van der Waals surface area contributed by atoms with E-state index in [9.17, 15) is 4.79 Å². The van der Waals surface area contributed by atoms with Gasteiger partial charge in [-0.15, -0.1) is 11.3 Å². The van der Waals surface area contributed by atoms with Crippen molar-refractivity contribution in [3.05, 3.63) is 21.9 Å². The van der Waals surface area contributed by atoms with Crippen LogP contribution >= 0.6 is 11.3 Å². The van der Waals surface area contributed by atoms with Gasteiger partial charge in [-0.25, -0.2) is 9.79 Å². The first-order valence-electron chi connectivity index (χ1n) is 5.11. The second-order valence-electron chi connectivity index (χ2n) is 3.48. The number of thiophene rings is 1. The highest BCUT2D eigenvalue weighted by Gasteiger charge is 2.36. The van der Waals surface area contributed by atoms with Crippen molar-refractivity contribution in [2.24, 2.45) is 4.99 Å². The Balaban J connectivity index is 2.17. The number of hydrogen-bond donors (Lipinski definition) is 0. The molecule has 2 atom stereocenters. The van der Waals surface area contributed by atoms with Gasteiger partial charge in [0.05, 0.1) is 11.5 Å². The van der Waals surface area contributed by atoms with Crippen LogP contribution in [0.5, 0.6) is 0 Å². The lowest BCUT2D eigenvalue weighted by atomic mass is 10.1. The molecule has 0 bridgehead atoms. The van der Waals surface area contributed by atoms with Gasteiger partial charge in [0, 0.05) is 0 Å². The second kappa shape index (κ2) is 4.65.